The maximum atomic E-state index is 12.6. The number of aromatic nitrogens is 3. The Morgan fingerprint density at radius 3 is 2.81 bits per heavy atom. The first kappa shape index (κ1) is 17.1. The molecule has 0 spiro atoms. The van der Waals surface area contributed by atoms with Gasteiger partial charge >= 0.3 is 6.03 Å². The second-order valence-electron chi connectivity index (χ2n) is 7.51. The quantitative estimate of drug-likeness (QED) is 0.918. The van der Waals surface area contributed by atoms with Crippen LogP contribution in [-0.4, -0.2) is 44.6 Å². The van der Waals surface area contributed by atoms with E-state index in [9.17, 15) is 4.79 Å². The molecule has 1 atom stereocenters. The van der Waals surface area contributed by atoms with E-state index in [-0.39, 0.29) is 12.1 Å². The maximum Gasteiger partial charge on any atom is 0.317 e. The number of aryl methyl sites for hydroxylation is 1. The van der Waals surface area contributed by atoms with E-state index in [4.69, 9.17) is 0 Å². The second kappa shape index (κ2) is 7.48. The zero-order chi connectivity index (χ0) is 17.9. The fourth-order valence-electron chi connectivity index (χ4n) is 4.27. The Morgan fingerprint density at radius 2 is 2.04 bits per heavy atom. The third-order valence-electron chi connectivity index (χ3n) is 5.65. The molecule has 4 rings (SSSR count). The number of amides is 2. The van der Waals surface area contributed by atoms with Crippen molar-refractivity contribution in [2.24, 2.45) is 0 Å². The SMILES string of the molecule is Cc1cnc(-c2cccnc2)n1C1CCN(C(=O)NC2CCCCC2)C1. The van der Waals surface area contributed by atoms with Crippen LogP contribution in [0.1, 0.15) is 50.3 Å². The summed E-state index contributed by atoms with van der Waals surface area (Å²) in [6.45, 7) is 3.62. The summed E-state index contributed by atoms with van der Waals surface area (Å²) in [5, 5.41) is 3.24. The Bertz CT molecular complexity index is 751. The first-order valence-corrected chi connectivity index (χ1v) is 9.72. The first-order chi connectivity index (χ1) is 12.7. The van der Waals surface area contributed by atoms with Crippen LogP contribution in [0.4, 0.5) is 4.79 Å². The molecule has 2 fully saturated rings. The molecule has 0 aromatic carbocycles. The number of hydrogen-bond donors (Lipinski definition) is 1. The summed E-state index contributed by atoms with van der Waals surface area (Å²) in [6.07, 6.45) is 12.5. The largest absolute Gasteiger partial charge is 0.335 e. The lowest BCUT2D eigenvalue weighted by Gasteiger charge is -2.26. The Balaban J connectivity index is 1.46. The van der Waals surface area contributed by atoms with Crippen molar-refractivity contribution in [3.63, 3.8) is 0 Å². The number of rotatable bonds is 3. The van der Waals surface area contributed by atoms with Crippen LogP contribution < -0.4 is 5.32 Å². The Hall–Kier alpha value is -2.37. The topological polar surface area (TPSA) is 63.1 Å². The van der Waals surface area contributed by atoms with Crippen LogP contribution >= 0.6 is 0 Å². The van der Waals surface area contributed by atoms with Gasteiger partial charge in [0.05, 0.1) is 6.04 Å². The number of likely N-dealkylation sites (tertiary alicyclic amines) is 1. The number of nitrogens with zero attached hydrogens (tertiary/aromatic N) is 4. The standard InChI is InChI=1S/C20H27N5O/c1-15-12-22-19(16-6-5-10-21-13-16)25(15)18-9-11-24(14-18)20(26)23-17-7-3-2-4-8-17/h5-6,10,12-13,17-18H,2-4,7-9,11,14H2,1H3,(H,23,26). The van der Waals surface area contributed by atoms with Gasteiger partial charge in [-0.25, -0.2) is 9.78 Å². The van der Waals surface area contributed by atoms with Crippen molar-refractivity contribution in [2.75, 3.05) is 13.1 Å². The van der Waals surface area contributed by atoms with E-state index in [1.807, 2.05) is 29.4 Å². The molecule has 1 aliphatic carbocycles. The van der Waals surface area contributed by atoms with E-state index in [1.54, 1.807) is 6.20 Å². The van der Waals surface area contributed by atoms with Crippen LogP contribution in [0.2, 0.25) is 0 Å². The number of carbonyl (C=O) groups excluding carboxylic acids is 1. The van der Waals surface area contributed by atoms with Crippen LogP contribution in [0, 0.1) is 6.92 Å². The summed E-state index contributed by atoms with van der Waals surface area (Å²) in [7, 11) is 0. The number of pyridine rings is 1. The lowest BCUT2D eigenvalue weighted by atomic mass is 9.96. The van der Waals surface area contributed by atoms with E-state index in [1.165, 1.54) is 19.3 Å². The lowest BCUT2D eigenvalue weighted by Crippen LogP contribution is -2.44. The first-order valence-electron chi connectivity index (χ1n) is 9.72. The van der Waals surface area contributed by atoms with Crippen molar-refractivity contribution in [3.05, 3.63) is 36.4 Å². The molecular formula is C20H27N5O. The molecule has 1 saturated carbocycles. The van der Waals surface area contributed by atoms with E-state index < -0.39 is 0 Å². The summed E-state index contributed by atoms with van der Waals surface area (Å²) in [6, 6.07) is 4.69. The molecule has 2 aromatic heterocycles. The zero-order valence-electron chi connectivity index (χ0n) is 15.4. The van der Waals surface area contributed by atoms with Gasteiger partial charge in [-0.05, 0) is 38.3 Å². The minimum Gasteiger partial charge on any atom is -0.335 e. The van der Waals surface area contributed by atoms with Gasteiger partial charge in [0, 0.05) is 49.0 Å². The number of nitrogens with one attached hydrogen (secondary N) is 1. The van der Waals surface area contributed by atoms with E-state index in [0.29, 0.717) is 6.04 Å². The molecule has 138 valence electrons. The molecule has 1 saturated heterocycles. The second-order valence-corrected chi connectivity index (χ2v) is 7.51. The van der Waals surface area contributed by atoms with Gasteiger partial charge in [-0.1, -0.05) is 19.3 Å². The minimum atomic E-state index is 0.0973. The summed E-state index contributed by atoms with van der Waals surface area (Å²) in [4.78, 5) is 23.4. The molecule has 2 amide bonds. The van der Waals surface area contributed by atoms with Crippen LogP contribution in [0.15, 0.2) is 30.7 Å². The summed E-state index contributed by atoms with van der Waals surface area (Å²) in [5.74, 6) is 0.940. The fraction of sp³-hybridized carbons (Fsp3) is 0.550. The fourth-order valence-corrected chi connectivity index (χ4v) is 4.27. The predicted molar refractivity (Wildman–Crippen MR) is 101 cm³/mol. The highest BCUT2D eigenvalue weighted by Crippen LogP contribution is 2.29. The maximum absolute atomic E-state index is 12.6. The molecule has 26 heavy (non-hydrogen) atoms. The van der Waals surface area contributed by atoms with Gasteiger partial charge in [0.25, 0.3) is 0 Å². The van der Waals surface area contributed by atoms with Crippen molar-refractivity contribution >= 4 is 6.03 Å². The van der Waals surface area contributed by atoms with Gasteiger partial charge in [0.1, 0.15) is 5.82 Å². The highest BCUT2D eigenvalue weighted by molar-refractivity contribution is 5.75. The molecule has 1 aliphatic heterocycles. The molecule has 1 N–H and O–H groups in total. The number of carbonyl (C=O) groups is 1. The molecule has 0 radical (unpaired) electrons. The summed E-state index contributed by atoms with van der Waals surface area (Å²) < 4.78 is 2.27. The molecule has 0 bridgehead atoms. The number of imidazole rings is 1. The van der Waals surface area contributed by atoms with Crippen LogP contribution in [0.5, 0.6) is 0 Å². The number of hydrogen-bond acceptors (Lipinski definition) is 3. The van der Waals surface area contributed by atoms with Crippen molar-refractivity contribution in [2.45, 2.75) is 57.5 Å². The smallest absolute Gasteiger partial charge is 0.317 e. The van der Waals surface area contributed by atoms with Gasteiger partial charge in [-0.3, -0.25) is 4.98 Å². The molecular weight excluding hydrogens is 326 g/mol. The van der Waals surface area contributed by atoms with E-state index in [0.717, 1.165) is 49.4 Å². The van der Waals surface area contributed by atoms with E-state index >= 15 is 0 Å². The molecule has 3 heterocycles. The molecule has 2 aliphatic rings. The highest BCUT2D eigenvalue weighted by Gasteiger charge is 2.30. The lowest BCUT2D eigenvalue weighted by molar-refractivity contribution is 0.199. The Morgan fingerprint density at radius 1 is 1.19 bits per heavy atom. The van der Waals surface area contributed by atoms with Crippen molar-refractivity contribution < 1.29 is 4.79 Å². The van der Waals surface area contributed by atoms with Gasteiger partial charge < -0.3 is 14.8 Å². The summed E-state index contributed by atoms with van der Waals surface area (Å²) >= 11 is 0. The average molecular weight is 353 g/mol. The molecule has 1 unspecified atom stereocenters. The van der Waals surface area contributed by atoms with Crippen LogP contribution in [0.25, 0.3) is 11.4 Å². The Kier molecular flexibility index (Phi) is 4.91. The molecule has 6 nitrogen and oxygen atoms in total. The molecule has 6 heteroatoms. The van der Waals surface area contributed by atoms with Gasteiger partial charge in [-0.2, -0.15) is 0 Å². The third kappa shape index (κ3) is 3.45. The minimum absolute atomic E-state index is 0.0973. The summed E-state index contributed by atoms with van der Waals surface area (Å²) in [5.41, 5.74) is 2.15. The van der Waals surface area contributed by atoms with Crippen LogP contribution in [0.3, 0.4) is 0 Å². The molecule has 2 aromatic rings. The van der Waals surface area contributed by atoms with Gasteiger partial charge in [0.15, 0.2) is 0 Å². The normalized spacial score (nSPS) is 21.1. The highest BCUT2D eigenvalue weighted by atomic mass is 16.2. The van der Waals surface area contributed by atoms with Crippen molar-refractivity contribution in [1.29, 1.82) is 0 Å². The van der Waals surface area contributed by atoms with E-state index in [2.05, 4.69) is 26.8 Å². The zero-order valence-corrected chi connectivity index (χ0v) is 15.4. The predicted octanol–water partition coefficient (Wildman–Crippen LogP) is 3.54. The van der Waals surface area contributed by atoms with Crippen LogP contribution in [-0.2, 0) is 0 Å². The van der Waals surface area contributed by atoms with Gasteiger partial charge in [-0.15, -0.1) is 0 Å². The monoisotopic (exact) mass is 353 g/mol. The average Bonchev–Trinajstić information content (AvgIpc) is 3.30. The van der Waals surface area contributed by atoms with Crippen molar-refractivity contribution in [1.82, 2.24) is 24.8 Å². The number of urea groups is 1. The van der Waals surface area contributed by atoms with Gasteiger partial charge in [0.2, 0.25) is 0 Å². The van der Waals surface area contributed by atoms with Crippen molar-refractivity contribution in [3.8, 4) is 11.4 Å². The Labute approximate surface area is 154 Å². The third-order valence-corrected chi connectivity index (χ3v) is 5.65.